The Kier molecular flexibility index (Phi) is 9.79. The van der Waals surface area contributed by atoms with Crippen molar-refractivity contribution in [1.29, 1.82) is 0 Å². The van der Waals surface area contributed by atoms with Gasteiger partial charge < -0.3 is 30.0 Å². The zero-order valence-corrected chi connectivity index (χ0v) is 17.8. The van der Waals surface area contributed by atoms with E-state index in [1.54, 1.807) is 51.1 Å². The first-order valence-corrected chi connectivity index (χ1v) is 9.36. The van der Waals surface area contributed by atoms with Gasteiger partial charge in [0.15, 0.2) is 5.54 Å². The van der Waals surface area contributed by atoms with E-state index in [0.717, 1.165) is 0 Å². The lowest BCUT2D eigenvalue weighted by Crippen LogP contribution is -2.63. The maximum absolute atomic E-state index is 12.8. The van der Waals surface area contributed by atoms with Crippen LogP contribution in [0, 0.1) is 0 Å². The lowest BCUT2D eigenvalue weighted by molar-refractivity contribution is -0.168. The molecule has 3 N–H and O–H groups in total. The van der Waals surface area contributed by atoms with E-state index in [1.807, 2.05) is 0 Å². The Labute approximate surface area is 179 Å². The molecule has 0 aliphatic heterocycles. The molecule has 1 rings (SSSR count). The average Bonchev–Trinajstić information content (AvgIpc) is 2.64. The lowest BCUT2D eigenvalue weighted by atomic mass is 9.91. The number of carboxylic acids is 1. The Bertz CT molecular complexity index is 741. The van der Waals surface area contributed by atoms with Crippen LogP contribution in [0.1, 0.15) is 26.3 Å². The number of alkyl carbamates (subject to hydrolysis) is 1. The number of carbonyl (C=O) groups excluding carboxylic acids is 2. The third kappa shape index (κ3) is 9.26. The topological polar surface area (TPSA) is 123 Å². The summed E-state index contributed by atoms with van der Waals surface area (Å²) in [6, 6.07) is 6.78. The van der Waals surface area contributed by atoms with Gasteiger partial charge >= 0.3 is 18.7 Å². The predicted octanol–water partition coefficient (Wildman–Crippen LogP) is 1.95. The molecule has 0 bridgehead atoms. The van der Waals surface area contributed by atoms with Gasteiger partial charge in [-0.3, -0.25) is 4.79 Å². The number of rotatable bonds is 11. The van der Waals surface area contributed by atoms with E-state index in [9.17, 15) is 28.3 Å². The number of aliphatic carboxylic acids is 1. The van der Waals surface area contributed by atoms with Gasteiger partial charge in [0, 0.05) is 13.5 Å². The summed E-state index contributed by atoms with van der Waals surface area (Å²) in [7, 11) is 1.27. The molecular weight excluding hydrogens is 418 g/mol. The van der Waals surface area contributed by atoms with Crippen molar-refractivity contribution in [2.45, 2.75) is 51.0 Å². The Morgan fingerprint density at radius 1 is 1.13 bits per heavy atom. The van der Waals surface area contributed by atoms with Gasteiger partial charge in [0.1, 0.15) is 11.6 Å². The molecule has 0 saturated carbocycles. The number of methoxy groups -OCH3 is 1. The van der Waals surface area contributed by atoms with Crippen LogP contribution in [-0.4, -0.2) is 67.2 Å². The highest BCUT2D eigenvalue weighted by atomic mass is 19.3. The standard InChI is InChI=1S/C20H28F2N2O7/c1-19(2,3)31-18(28)23-14(11-29-4)15(25)24-20(16(26)27,12-30-17(21)22)10-13-8-6-5-7-9-13/h5-9,14,17H,10-12H2,1-4H3,(H,23,28)(H,24,25)(H,26,27)/t14-,20-/m0/s1. The minimum Gasteiger partial charge on any atom is -0.479 e. The quantitative estimate of drug-likeness (QED) is 0.475. The molecule has 0 unspecified atom stereocenters. The van der Waals surface area contributed by atoms with E-state index in [-0.39, 0.29) is 13.0 Å². The molecule has 0 radical (unpaired) electrons. The smallest absolute Gasteiger partial charge is 0.408 e. The molecule has 174 valence electrons. The van der Waals surface area contributed by atoms with E-state index in [2.05, 4.69) is 15.4 Å². The van der Waals surface area contributed by atoms with Crippen LogP contribution in [0.25, 0.3) is 0 Å². The van der Waals surface area contributed by atoms with Crippen molar-refractivity contribution in [3.8, 4) is 0 Å². The van der Waals surface area contributed by atoms with E-state index >= 15 is 0 Å². The van der Waals surface area contributed by atoms with Crippen LogP contribution in [0.3, 0.4) is 0 Å². The highest BCUT2D eigenvalue weighted by Crippen LogP contribution is 2.18. The zero-order valence-electron chi connectivity index (χ0n) is 17.8. The number of carbonyl (C=O) groups is 3. The van der Waals surface area contributed by atoms with Crippen molar-refractivity contribution >= 4 is 18.0 Å². The maximum atomic E-state index is 12.8. The van der Waals surface area contributed by atoms with Crippen molar-refractivity contribution in [1.82, 2.24) is 10.6 Å². The summed E-state index contributed by atoms with van der Waals surface area (Å²) in [4.78, 5) is 36.9. The van der Waals surface area contributed by atoms with Crippen molar-refractivity contribution < 1.29 is 42.5 Å². The van der Waals surface area contributed by atoms with Crippen molar-refractivity contribution in [2.75, 3.05) is 20.3 Å². The minimum atomic E-state index is -3.25. The number of amides is 2. The second-order valence-electron chi connectivity index (χ2n) is 7.76. The summed E-state index contributed by atoms with van der Waals surface area (Å²) in [6.07, 6.45) is -1.27. The Balaban J connectivity index is 3.13. The summed E-state index contributed by atoms with van der Waals surface area (Å²) in [6.45, 7) is 0.286. The predicted molar refractivity (Wildman–Crippen MR) is 106 cm³/mol. The number of hydrogen-bond acceptors (Lipinski definition) is 6. The van der Waals surface area contributed by atoms with Crippen molar-refractivity contribution in [2.24, 2.45) is 0 Å². The molecule has 2 atom stereocenters. The molecule has 0 aliphatic carbocycles. The third-order valence-electron chi connectivity index (χ3n) is 3.92. The summed E-state index contributed by atoms with van der Waals surface area (Å²) >= 11 is 0. The number of ether oxygens (including phenoxy) is 3. The second kappa shape index (κ2) is 11.6. The molecule has 1 aromatic carbocycles. The fraction of sp³-hybridized carbons (Fsp3) is 0.550. The van der Waals surface area contributed by atoms with Crippen molar-refractivity contribution in [3.63, 3.8) is 0 Å². The van der Waals surface area contributed by atoms with Gasteiger partial charge in [-0.15, -0.1) is 0 Å². The SMILES string of the molecule is COC[C@H](NC(=O)OC(C)(C)C)C(=O)N[C@](COC(F)F)(Cc1ccccc1)C(=O)O. The third-order valence-corrected chi connectivity index (χ3v) is 3.92. The van der Waals surface area contributed by atoms with E-state index in [1.165, 1.54) is 7.11 Å². The minimum absolute atomic E-state index is 0.318. The number of halogens is 2. The van der Waals surface area contributed by atoms with Crippen LogP contribution in [0.15, 0.2) is 30.3 Å². The van der Waals surface area contributed by atoms with E-state index < -0.39 is 48.4 Å². The van der Waals surface area contributed by atoms with Crippen LogP contribution in [-0.2, 0) is 30.2 Å². The average molecular weight is 446 g/mol. The van der Waals surface area contributed by atoms with Gasteiger partial charge in [-0.2, -0.15) is 8.78 Å². The first kappa shape index (κ1) is 26.2. The molecule has 0 aliphatic rings. The molecule has 9 nitrogen and oxygen atoms in total. The number of carboxylic acid groups (broad SMARTS) is 1. The van der Waals surface area contributed by atoms with Gasteiger partial charge in [0.2, 0.25) is 5.91 Å². The largest absolute Gasteiger partial charge is 0.479 e. The van der Waals surface area contributed by atoms with Crippen molar-refractivity contribution in [3.05, 3.63) is 35.9 Å². The monoisotopic (exact) mass is 446 g/mol. The first-order valence-electron chi connectivity index (χ1n) is 9.36. The molecule has 0 saturated heterocycles. The number of hydrogen-bond donors (Lipinski definition) is 3. The molecule has 11 heteroatoms. The Morgan fingerprint density at radius 3 is 2.23 bits per heavy atom. The van der Waals surface area contributed by atoms with Gasteiger partial charge in [-0.1, -0.05) is 30.3 Å². The summed E-state index contributed by atoms with van der Waals surface area (Å²) in [5.74, 6) is -2.55. The highest BCUT2D eigenvalue weighted by molar-refractivity contribution is 5.91. The molecule has 0 aromatic heterocycles. The molecule has 0 spiro atoms. The molecule has 2 amide bonds. The number of alkyl halides is 2. The number of nitrogens with one attached hydrogen (secondary N) is 2. The Hall–Kier alpha value is -2.79. The molecule has 31 heavy (non-hydrogen) atoms. The molecule has 1 aromatic rings. The summed E-state index contributed by atoms with van der Waals surface area (Å²) in [5, 5.41) is 14.3. The second-order valence-corrected chi connectivity index (χ2v) is 7.76. The van der Waals surface area contributed by atoms with E-state index in [0.29, 0.717) is 5.56 Å². The first-order chi connectivity index (χ1) is 14.4. The summed E-state index contributed by atoms with van der Waals surface area (Å²) < 4.78 is 39.6. The van der Waals surface area contributed by atoms with Gasteiger partial charge in [0.25, 0.3) is 0 Å². The van der Waals surface area contributed by atoms with E-state index in [4.69, 9.17) is 9.47 Å². The van der Waals surface area contributed by atoms with Gasteiger partial charge in [0.05, 0.1) is 13.2 Å². The van der Waals surface area contributed by atoms with Crippen LogP contribution in [0.2, 0.25) is 0 Å². The van der Waals surface area contributed by atoms with Gasteiger partial charge in [-0.25, -0.2) is 9.59 Å². The maximum Gasteiger partial charge on any atom is 0.408 e. The molecule has 0 heterocycles. The zero-order chi connectivity index (χ0) is 23.7. The molecule has 0 fully saturated rings. The lowest BCUT2D eigenvalue weighted by Gasteiger charge is -2.32. The van der Waals surface area contributed by atoms with Crippen LogP contribution < -0.4 is 10.6 Å². The number of benzene rings is 1. The van der Waals surface area contributed by atoms with Gasteiger partial charge in [-0.05, 0) is 26.3 Å². The fourth-order valence-corrected chi connectivity index (χ4v) is 2.59. The summed E-state index contributed by atoms with van der Waals surface area (Å²) in [5.41, 5.74) is -2.61. The van der Waals surface area contributed by atoms with Crippen LogP contribution in [0.5, 0.6) is 0 Å². The molecular formula is C20H28F2N2O7. The Morgan fingerprint density at radius 2 is 1.74 bits per heavy atom. The fourth-order valence-electron chi connectivity index (χ4n) is 2.59. The normalized spacial score (nSPS) is 14.4. The van der Waals surface area contributed by atoms with Crippen LogP contribution >= 0.6 is 0 Å². The van der Waals surface area contributed by atoms with Crippen LogP contribution in [0.4, 0.5) is 13.6 Å². The highest BCUT2D eigenvalue weighted by Gasteiger charge is 2.43.